The minimum absolute atomic E-state index is 0.0129. The van der Waals surface area contributed by atoms with Crippen LogP contribution in [0.4, 0.5) is 0 Å². The van der Waals surface area contributed by atoms with Crippen LogP contribution in [-0.4, -0.2) is 41.6 Å². The Labute approximate surface area is 109 Å². The SMILES string of the molecule is CN(CCc1ccncc1)C(=O)COC(C)(C)C. The van der Waals surface area contributed by atoms with Gasteiger partial charge in [-0.1, -0.05) is 0 Å². The summed E-state index contributed by atoms with van der Waals surface area (Å²) in [6, 6.07) is 3.92. The predicted octanol–water partition coefficient (Wildman–Crippen LogP) is 1.90. The number of hydrogen-bond donors (Lipinski definition) is 0. The smallest absolute Gasteiger partial charge is 0.248 e. The lowest BCUT2D eigenvalue weighted by Crippen LogP contribution is -2.35. The second kappa shape index (κ2) is 6.50. The fraction of sp³-hybridized carbons (Fsp3) is 0.571. The van der Waals surface area contributed by atoms with Crippen LogP contribution in [0.1, 0.15) is 26.3 Å². The van der Waals surface area contributed by atoms with E-state index in [1.807, 2.05) is 32.9 Å². The lowest BCUT2D eigenvalue weighted by molar-refractivity contribution is -0.139. The maximum absolute atomic E-state index is 11.8. The number of carbonyl (C=O) groups excluding carboxylic acids is 1. The van der Waals surface area contributed by atoms with Gasteiger partial charge in [-0.25, -0.2) is 0 Å². The Morgan fingerprint density at radius 3 is 2.50 bits per heavy atom. The zero-order chi connectivity index (χ0) is 13.6. The molecule has 0 unspecified atom stereocenters. The summed E-state index contributed by atoms with van der Waals surface area (Å²) in [7, 11) is 1.80. The van der Waals surface area contributed by atoms with Crippen LogP contribution in [0.15, 0.2) is 24.5 Å². The van der Waals surface area contributed by atoms with Gasteiger partial charge in [0.15, 0.2) is 0 Å². The summed E-state index contributed by atoms with van der Waals surface area (Å²) >= 11 is 0. The van der Waals surface area contributed by atoms with E-state index in [0.717, 1.165) is 6.42 Å². The number of nitrogens with zero attached hydrogens (tertiary/aromatic N) is 2. The Morgan fingerprint density at radius 1 is 1.33 bits per heavy atom. The van der Waals surface area contributed by atoms with Gasteiger partial charge in [0.1, 0.15) is 6.61 Å². The highest BCUT2D eigenvalue weighted by Gasteiger charge is 2.15. The summed E-state index contributed by atoms with van der Waals surface area (Å²) in [5, 5.41) is 0. The normalized spacial score (nSPS) is 11.3. The van der Waals surface area contributed by atoms with Crippen LogP contribution >= 0.6 is 0 Å². The number of aromatic nitrogens is 1. The van der Waals surface area contributed by atoms with E-state index in [9.17, 15) is 4.79 Å². The largest absolute Gasteiger partial charge is 0.366 e. The number of amides is 1. The van der Waals surface area contributed by atoms with Crippen molar-refractivity contribution >= 4 is 5.91 Å². The highest BCUT2D eigenvalue weighted by molar-refractivity contribution is 5.77. The molecule has 100 valence electrons. The van der Waals surface area contributed by atoms with Crippen molar-refractivity contribution < 1.29 is 9.53 Å². The van der Waals surface area contributed by atoms with E-state index in [-0.39, 0.29) is 18.1 Å². The van der Waals surface area contributed by atoms with Gasteiger partial charge in [0, 0.05) is 26.0 Å². The van der Waals surface area contributed by atoms with Crippen molar-refractivity contribution in [2.45, 2.75) is 32.8 Å². The zero-order valence-corrected chi connectivity index (χ0v) is 11.6. The Kier molecular flexibility index (Phi) is 5.28. The molecule has 0 aromatic carbocycles. The van der Waals surface area contributed by atoms with Crippen LogP contribution in [0.5, 0.6) is 0 Å². The number of carbonyl (C=O) groups is 1. The molecule has 1 aromatic heterocycles. The summed E-state index contributed by atoms with van der Waals surface area (Å²) in [4.78, 5) is 17.5. The molecule has 0 N–H and O–H groups in total. The van der Waals surface area contributed by atoms with Crippen molar-refractivity contribution in [3.05, 3.63) is 30.1 Å². The summed E-state index contributed by atoms with van der Waals surface area (Å²) in [6.07, 6.45) is 4.36. The fourth-order valence-corrected chi connectivity index (χ4v) is 1.36. The van der Waals surface area contributed by atoms with Crippen LogP contribution in [0.3, 0.4) is 0 Å². The van der Waals surface area contributed by atoms with Gasteiger partial charge in [0.05, 0.1) is 5.60 Å². The standard InChI is InChI=1S/C14H22N2O2/c1-14(2,3)18-11-13(17)16(4)10-7-12-5-8-15-9-6-12/h5-6,8-9H,7,10-11H2,1-4H3. The Bertz CT molecular complexity index is 371. The van der Waals surface area contributed by atoms with E-state index < -0.39 is 0 Å². The topological polar surface area (TPSA) is 42.4 Å². The van der Waals surface area contributed by atoms with E-state index in [1.165, 1.54) is 5.56 Å². The molecule has 1 heterocycles. The first kappa shape index (κ1) is 14.6. The third-order valence-corrected chi connectivity index (χ3v) is 2.54. The maximum Gasteiger partial charge on any atom is 0.248 e. The van der Waals surface area contributed by atoms with Crippen molar-refractivity contribution in [2.24, 2.45) is 0 Å². The first-order chi connectivity index (χ1) is 8.38. The fourth-order valence-electron chi connectivity index (χ4n) is 1.36. The molecule has 1 amide bonds. The van der Waals surface area contributed by atoms with Gasteiger partial charge in [-0.05, 0) is 44.9 Å². The monoisotopic (exact) mass is 250 g/mol. The molecule has 0 saturated heterocycles. The minimum atomic E-state index is -0.276. The molecule has 0 spiro atoms. The molecule has 18 heavy (non-hydrogen) atoms. The first-order valence-corrected chi connectivity index (χ1v) is 6.15. The molecule has 0 saturated carbocycles. The highest BCUT2D eigenvalue weighted by atomic mass is 16.5. The second-order valence-electron chi connectivity index (χ2n) is 5.32. The molecular formula is C14H22N2O2. The van der Waals surface area contributed by atoms with Gasteiger partial charge in [-0.15, -0.1) is 0 Å². The van der Waals surface area contributed by atoms with E-state index >= 15 is 0 Å². The summed E-state index contributed by atoms with van der Waals surface area (Å²) in [6.45, 7) is 6.65. The van der Waals surface area contributed by atoms with Gasteiger partial charge < -0.3 is 9.64 Å². The number of ether oxygens (including phenoxy) is 1. The Morgan fingerprint density at radius 2 is 1.94 bits per heavy atom. The molecule has 0 aliphatic rings. The lowest BCUT2D eigenvalue weighted by Gasteiger charge is -2.22. The van der Waals surface area contributed by atoms with Gasteiger partial charge in [-0.2, -0.15) is 0 Å². The zero-order valence-electron chi connectivity index (χ0n) is 11.6. The third kappa shape index (κ3) is 5.77. The maximum atomic E-state index is 11.8. The van der Waals surface area contributed by atoms with Crippen LogP contribution in [0.25, 0.3) is 0 Å². The lowest BCUT2D eigenvalue weighted by atomic mass is 10.2. The number of hydrogen-bond acceptors (Lipinski definition) is 3. The van der Waals surface area contributed by atoms with E-state index in [0.29, 0.717) is 6.54 Å². The van der Waals surface area contributed by atoms with E-state index in [1.54, 1.807) is 24.3 Å². The molecule has 4 nitrogen and oxygen atoms in total. The van der Waals surface area contributed by atoms with Gasteiger partial charge in [0.25, 0.3) is 0 Å². The van der Waals surface area contributed by atoms with Crippen LogP contribution in [0.2, 0.25) is 0 Å². The van der Waals surface area contributed by atoms with Crippen molar-refractivity contribution in [3.63, 3.8) is 0 Å². The molecule has 0 bridgehead atoms. The Hall–Kier alpha value is -1.42. The van der Waals surface area contributed by atoms with Crippen LogP contribution in [0, 0.1) is 0 Å². The van der Waals surface area contributed by atoms with Crippen LogP contribution in [-0.2, 0) is 16.0 Å². The summed E-state index contributed by atoms with van der Waals surface area (Å²) < 4.78 is 5.46. The van der Waals surface area contributed by atoms with Crippen molar-refractivity contribution in [2.75, 3.05) is 20.2 Å². The average Bonchev–Trinajstić information content (AvgIpc) is 2.33. The Balaban J connectivity index is 2.32. The number of likely N-dealkylation sites (N-methyl/N-ethyl adjacent to an activating group) is 1. The molecule has 1 rings (SSSR count). The highest BCUT2D eigenvalue weighted by Crippen LogP contribution is 2.07. The second-order valence-corrected chi connectivity index (χ2v) is 5.32. The van der Waals surface area contributed by atoms with Crippen molar-refractivity contribution in [1.82, 2.24) is 9.88 Å². The quantitative estimate of drug-likeness (QED) is 0.801. The molecule has 1 aromatic rings. The van der Waals surface area contributed by atoms with Crippen LogP contribution < -0.4 is 0 Å². The molecule has 0 atom stereocenters. The molecule has 0 aliphatic heterocycles. The van der Waals surface area contributed by atoms with Gasteiger partial charge in [0.2, 0.25) is 5.91 Å². The average molecular weight is 250 g/mol. The molecule has 0 radical (unpaired) electrons. The first-order valence-electron chi connectivity index (χ1n) is 6.15. The summed E-state index contributed by atoms with van der Waals surface area (Å²) in [5.74, 6) is 0.0129. The van der Waals surface area contributed by atoms with E-state index in [4.69, 9.17) is 4.74 Å². The molecule has 4 heteroatoms. The predicted molar refractivity (Wildman–Crippen MR) is 71.3 cm³/mol. The molecule has 0 aliphatic carbocycles. The summed E-state index contributed by atoms with van der Waals surface area (Å²) in [5.41, 5.74) is 0.906. The minimum Gasteiger partial charge on any atom is -0.366 e. The van der Waals surface area contributed by atoms with Gasteiger partial charge >= 0.3 is 0 Å². The van der Waals surface area contributed by atoms with Crippen molar-refractivity contribution in [3.8, 4) is 0 Å². The number of rotatable bonds is 5. The van der Waals surface area contributed by atoms with Gasteiger partial charge in [-0.3, -0.25) is 9.78 Å². The van der Waals surface area contributed by atoms with E-state index in [2.05, 4.69) is 4.98 Å². The third-order valence-electron chi connectivity index (χ3n) is 2.54. The number of pyridine rings is 1. The van der Waals surface area contributed by atoms with Crippen molar-refractivity contribution in [1.29, 1.82) is 0 Å². The molecule has 0 fully saturated rings. The molecular weight excluding hydrogens is 228 g/mol.